The average Bonchev–Trinajstić information content (AvgIpc) is 2.83. The minimum Gasteiger partial charge on any atom is -0.507 e. The van der Waals surface area contributed by atoms with Crippen LogP contribution in [0.3, 0.4) is 0 Å². The van der Waals surface area contributed by atoms with Crippen LogP contribution in [0.2, 0.25) is 0 Å². The molecule has 20 heavy (non-hydrogen) atoms. The van der Waals surface area contributed by atoms with Gasteiger partial charge in [-0.1, -0.05) is 6.07 Å². The number of methoxy groups -OCH3 is 1. The molecule has 1 fully saturated rings. The van der Waals surface area contributed by atoms with E-state index in [0.29, 0.717) is 12.2 Å². The summed E-state index contributed by atoms with van der Waals surface area (Å²) in [6, 6.07) is 5.24. The number of nitrogens with zero attached hydrogens (tertiary/aromatic N) is 1. The first kappa shape index (κ1) is 14.8. The summed E-state index contributed by atoms with van der Waals surface area (Å²) in [5.41, 5.74) is 1.27. The molecule has 0 bridgehead atoms. The van der Waals surface area contributed by atoms with Crippen LogP contribution in [-0.4, -0.2) is 55.3 Å². The zero-order valence-electron chi connectivity index (χ0n) is 12.1. The lowest BCUT2D eigenvalue weighted by atomic mass is 10.1. The Morgan fingerprint density at radius 1 is 1.55 bits per heavy atom. The summed E-state index contributed by atoms with van der Waals surface area (Å²) in [6.45, 7) is 5.28. The lowest BCUT2D eigenvalue weighted by molar-refractivity contribution is 0.0934. The van der Waals surface area contributed by atoms with E-state index < -0.39 is 0 Å². The molecule has 0 radical (unpaired) electrons. The summed E-state index contributed by atoms with van der Waals surface area (Å²) in [5.74, 6) is -0.169. The lowest BCUT2D eigenvalue weighted by Gasteiger charge is -2.16. The van der Waals surface area contributed by atoms with Crippen LogP contribution < -0.4 is 5.32 Å². The Bertz CT molecular complexity index is 476. The predicted molar refractivity (Wildman–Crippen MR) is 77.0 cm³/mol. The zero-order chi connectivity index (χ0) is 14.5. The molecule has 1 amide bonds. The first-order chi connectivity index (χ1) is 9.60. The van der Waals surface area contributed by atoms with E-state index >= 15 is 0 Å². The Hall–Kier alpha value is -1.59. The minimum absolute atomic E-state index is 0.0386. The molecule has 0 saturated carbocycles. The zero-order valence-corrected chi connectivity index (χ0v) is 12.1. The van der Waals surface area contributed by atoms with Crippen LogP contribution >= 0.6 is 0 Å². The van der Waals surface area contributed by atoms with Crippen molar-refractivity contribution in [2.45, 2.75) is 19.4 Å². The van der Waals surface area contributed by atoms with Gasteiger partial charge in [0.05, 0.1) is 12.2 Å². The van der Waals surface area contributed by atoms with Crippen molar-refractivity contribution in [3.63, 3.8) is 0 Å². The van der Waals surface area contributed by atoms with Crippen LogP contribution in [0.4, 0.5) is 0 Å². The SMILES string of the molecule is COCCN1CC[C@@H](NC(=O)c2ccc(C)cc2O)C1. The van der Waals surface area contributed by atoms with Crippen molar-refractivity contribution in [1.82, 2.24) is 10.2 Å². The van der Waals surface area contributed by atoms with Crippen molar-refractivity contribution in [2.75, 3.05) is 33.4 Å². The third-order valence-electron chi connectivity index (χ3n) is 3.62. The van der Waals surface area contributed by atoms with E-state index in [1.807, 2.05) is 13.0 Å². The molecule has 0 aromatic heterocycles. The van der Waals surface area contributed by atoms with Gasteiger partial charge in [-0.05, 0) is 31.0 Å². The highest BCUT2D eigenvalue weighted by Crippen LogP contribution is 2.19. The molecule has 1 saturated heterocycles. The molecule has 5 nitrogen and oxygen atoms in total. The van der Waals surface area contributed by atoms with Gasteiger partial charge < -0.3 is 15.2 Å². The number of carbonyl (C=O) groups excluding carboxylic acids is 1. The highest BCUT2D eigenvalue weighted by atomic mass is 16.5. The number of nitrogens with one attached hydrogen (secondary N) is 1. The van der Waals surface area contributed by atoms with Crippen LogP contribution in [0.25, 0.3) is 0 Å². The first-order valence-corrected chi connectivity index (χ1v) is 6.92. The summed E-state index contributed by atoms with van der Waals surface area (Å²) in [4.78, 5) is 14.4. The van der Waals surface area contributed by atoms with Gasteiger partial charge in [0.2, 0.25) is 0 Å². The van der Waals surface area contributed by atoms with E-state index in [0.717, 1.165) is 31.6 Å². The number of aryl methyl sites for hydroxylation is 1. The first-order valence-electron chi connectivity index (χ1n) is 6.92. The van der Waals surface area contributed by atoms with Crippen LogP contribution in [0.1, 0.15) is 22.3 Å². The minimum atomic E-state index is -0.207. The van der Waals surface area contributed by atoms with E-state index in [4.69, 9.17) is 4.74 Å². The standard InChI is InChI=1S/C15H22N2O3/c1-11-3-4-13(14(18)9-11)15(19)16-12-5-6-17(10-12)7-8-20-2/h3-4,9,12,18H,5-8,10H2,1-2H3,(H,16,19)/t12-/m1/s1. The van der Waals surface area contributed by atoms with E-state index in [2.05, 4.69) is 10.2 Å². The number of likely N-dealkylation sites (tertiary alicyclic amines) is 1. The Labute approximate surface area is 119 Å². The second-order valence-corrected chi connectivity index (χ2v) is 5.27. The van der Waals surface area contributed by atoms with Crippen molar-refractivity contribution in [3.8, 4) is 5.75 Å². The van der Waals surface area contributed by atoms with Gasteiger partial charge in [0, 0.05) is 32.8 Å². The molecule has 1 aliphatic heterocycles. The smallest absolute Gasteiger partial charge is 0.255 e. The van der Waals surface area contributed by atoms with Gasteiger partial charge >= 0.3 is 0 Å². The number of rotatable bonds is 5. The normalized spacial score (nSPS) is 19.2. The third kappa shape index (κ3) is 3.71. The topological polar surface area (TPSA) is 61.8 Å². The summed E-state index contributed by atoms with van der Waals surface area (Å²) >= 11 is 0. The number of carbonyl (C=O) groups is 1. The highest BCUT2D eigenvalue weighted by Gasteiger charge is 2.24. The molecule has 1 aromatic carbocycles. The number of hydrogen-bond donors (Lipinski definition) is 2. The number of phenolic OH excluding ortho intramolecular Hbond substituents is 1. The summed E-state index contributed by atoms with van der Waals surface area (Å²) < 4.78 is 5.05. The Kier molecular flexibility index (Phi) is 4.98. The largest absolute Gasteiger partial charge is 0.507 e. The fourth-order valence-electron chi connectivity index (χ4n) is 2.47. The van der Waals surface area contributed by atoms with Crippen molar-refractivity contribution in [2.24, 2.45) is 0 Å². The van der Waals surface area contributed by atoms with Crippen molar-refractivity contribution < 1.29 is 14.6 Å². The molecule has 110 valence electrons. The maximum absolute atomic E-state index is 12.1. The Balaban J connectivity index is 1.89. The Morgan fingerprint density at radius 2 is 2.35 bits per heavy atom. The summed E-state index contributed by atoms with van der Waals surface area (Å²) in [5, 5.41) is 12.8. The quantitative estimate of drug-likeness (QED) is 0.848. The lowest BCUT2D eigenvalue weighted by Crippen LogP contribution is -2.37. The second-order valence-electron chi connectivity index (χ2n) is 5.27. The summed E-state index contributed by atoms with van der Waals surface area (Å²) in [7, 11) is 1.69. The predicted octanol–water partition coefficient (Wildman–Crippen LogP) is 1.15. The van der Waals surface area contributed by atoms with E-state index in [-0.39, 0.29) is 17.7 Å². The highest BCUT2D eigenvalue weighted by molar-refractivity contribution is 5.97. The van der Waals surface area contributed by atoms with E-state index in [1.54, 1.807) is 19.2 Å². The van der Waals surface area contributed by atoms with Gasteiger partial charge in [0.1, 0.15) is 5.75 Å². The molecule has 1 heterocycles. The van der Waals surface area contributed by atoms with Crippen molar-refractivity contribution >= 4 is 5.91 Å². The second kappa shape index (κ2) is 6.72. The Morgan fingerprint density at radius 3 is 3.05 bits per heavy atom. The molecule has 2 N–H and O–H groups in total. The molecule has 5 heteroatoms. The number of amides is 1. The third-order valence-corrected chi connectivity index (χ3v) is 3.62. The van der Waals surface area contributed by atoms with Gasteiger partial charge in [-0.3, -0.25) is 9.69 Å². The maximum Gasteiger partial charge on any atom is 0.255 e. The van der Waals surface area contributed by atoms with Crippen LogP contribution in [0.5, 0.6) is 5.75 Å². The van der Waals surface area contributed by atoms with Gasteiger partial charge in [0.15, 0.2) is 0 Å². The van der Waals surface area contributed by atoms with Crippen LogP contribution in [-0.2, 0) is 4.74 Å². The number of benzene rings is 1. The fourth-order valence-corrected chi connectivity index (χ4v) is 2.47. The molecule has 2 rings (SSSR count). The summed E-state index contributed by atoms with van der Waals surface area (Å²) in [6.07, 6.45) is 0.933. The average molecular weight is 278 g/mol. The molecular weight excluding hydrogens is 256 g/mol. The van der Waals surface area contributed by atoms with Crippen molar-refractivity contribution in [3.05, 3.63) is 29.3 Å². The van der Waals surface area contributed by atoms with E-state index in [9.17, 15) is 9.90 Å². The number of aromatic hydroxyl groups is 1. The van der Waals surface area contributed by atoms with Crippen molar-refractivity contribution in [1.29, 1.82) is 0 Å². The number of ether oxygens (including phenoxy) is 1. The van der Waals surface area contributed by atoms with Gasteiger partial charge in [-0.15, -0.1) is 0 Å². The molecule has 1 aromatic rings. The van der Waals surface area contributed by atoms with Gasteiger partial charge in [-0.25, -0.2) is 0 Å². The molecule has 0 aliphatic carbocycles. The van der Waals surface area contributed by atoms with Gasteiger partial charge in [0.25, 0.3) is 5.91 Å². The maximum atomic E-state index is 12.1. The van der Waals surface area contributed by atoms with Crippen LogP contribution in [0.15, 0.2) is 18.2 Å². The number of phenols is 1. The molecule has 0 spiro atoms. The molecular formula is C15H22N2O3. The fraction of sp³-hybridized carbons (Fsp3) is 0.533. The molecule has 0 unspecified atom stereocenters. The monoisotopic (exact) mass is 278 g/mol. The van der Waals surface area contributed by atoms with Gasteiger partial charge in [-0.2, -0.15) is 0 Å². The number of hydrogen-bond acceptors (Lipinski definition) is 4. The van der Waals surface area contributed by atoms with Crippen LogP contribution in [0, 0.1) is 6.92 Å². The van der Waals surface area contributed by atoms with E-state index in [1.165, 1.54) is 0 Å². The molecule has 1 aliphatic rings. The molecule has 1 atom stereocenters.